The largest absolute Gasteiger partial charge is 0.350 e. The topological polar surface area (TPSA) is 85.3 Å². The van der Waals surface area contributed by atoms with Crippen LogP contribution < -0.4 is 11.1 Å². The summed E-state index contributed by atoms with van der Waals surface area (Å²) in [5, 5.41) is 7.03. The fourth-order valence-corrected chi connectivity index (χ4v) is 2.66. The van der Waals surface area contributed by atoms with Gasteiger partial charge in [0.2, 0.25) is 0 Å². The molecule has 2 heterocycles. The van der Waals surface area contributed by atoms with Gasteiger partial charge in [-0.2, -0.15) is 5.10 Å². The van der Waals surface area contributed by atoms with Gasteiger partial charge in [0, 0.05) is 24.5 Å². The van der Waals surface area contributed by atoms with E-state index in [-0.39, 0.29) is 24.4 Å². The summed E-state index contributed by atoms with van der Waals surface area (Å²) in [6, 6.07) is 9.79. The van der Waals surface area contributed by atoms with Gasteiger partial charge in [-0.1, -0.05) is 38.1 Å². The molecule has 0 radical (unpaired) electrons. The van der Waals surface area contributed by atoms with E-state index in [2.05, 4.69) is 41.4 Å². The molecule has 3 N–H and O–H groups in total. The lowest BCUT2D eigenvalue weighted by molar-refractivity contribution is 0.0952. The molecule has 0 aliphatic rings. The molecule has 0 bridgehead atoms. The second-order valence-corrected chi connectivity index (χ2v) is 6.53. The number of nitrogens with zero attached hydrogens (tertiary/aromatic N) is 3. The van der Waals surface area contributed by atoms with E-state index in [1.54, 1.807) is 10.7 Å². The van der Waals surface area contributed by atoms with Gasteiger partial charge in [0.1, 0.15) is 5.56 Å². The Morgan fingerprint density at radius 3 is 2.50 bits per heavy atom. The normalized spacial score (nSPS) is 12.0. The van der Waals surface area contributed by atoms with E-state index in [1.165, 1.54) is 11.8 Å². The highest BCUT2D eigenvalue weighted by Gasteiger charge is 2.15. The second kappa shape index (κ2) is 8.29. The molecule has 1 atom stereocenters. The standard InChI is InChI=1S/C19H23N5O.ClH/c1-12(2)14-4-6-15(7-5-14)17(20)11-21-19(25)16-10-22-24-9-8-13(3)23-18(16)24;/h4-10,12,17H,11,20H2,1-3H3,(H,21,25);1H. The number of hydrogen-bond donors (Lipinski definition) is 2. The zero-order valence-electron chi connectivity index (χ0n) is 15.1. The van der Waals surface area contributed by atoms with Crippen molar-refractivity contribution in [1.82, 2.24) is 19.9 Å². The van der Waals surface area contributed by atoms with Crippen molar-refractivity contribution in [2.24, 2.45) is 5.73 Å². The van der Waals surface area contributed by atoms with E-state index >= 15 is 0 Å². The third-order valence-corrected chi connectivity index (χ3v) is 4.27. The lowest BCUT2D eigenvalue weighted by Crippen LogP contribution is -2.32. The number of rotatable bonds is 5. The molecule has 0 saturated heterocycles. The van der Waals surface area contributed by atoms with Crippen LogP contribution in [0.15, 0.2) is 42.7 Å². The second-order valence-electron chi connectivity index (χ2n) is 6.53. The van der Waals surface area contributed by atoms with Crippen LogP contribution in [-0.2, 0) is 0 Å². The molecule has 6 nitrogen and oxygen atoms in total. The number of halogens is 1. The summed E-state index contributed by atoms with van der Waals surface area (Å²) < 4.78 is 1.59. The molecule has 0 aliphatic carbocycles. The van der Waals surface area contributed by atoms with E-state index in [1.807, 2.05) is 25.1 Å². The zero-order valence-corrected chi connectivity index (χ0v) is 16.0. The van der Waals surface area contributed by atoms with E-state index in [9.17, 15) is 4.79 Å². The van der Waals surface area contributed by atoms with E-state index in [4.69, 9.17) is 5.73 Å². The molecular weight excluding hydrogens is 350 g/mol. The number of carbonyl (C=O) groups is 1. The van der Waals surface area contributed by atoms with Gasteiger partial charge in [0.25, 0.3) is 5.91 Å². The van der Waals surface area contributed by atoms with Crippen LogP contribution in [0, 0.1) is 6.92 Å². The van der Waals surface area contributed by atoms with Crippen molar-refractivity contribution in [3.05, 3.63) is 65.1 Å². The molecule has 1 unspecified atom stereocenters. The first-order valence-electron chi connectivity index (χ1n) is 8.40. The summed E-state index contributed by atoms with van der Waals surface area (Å²) in [5.74, 6) is 0.263. The van der Waals surface area contributed by atoms with Crippen molar-refractivity contribution < 1.29 is 4.79 Å². The Labute approximate surface area is 159 Å². The van der Waals surface area contributed by atoms with Crippen LogP contribution in [0.2, 0.25) is 0 Å². The fraction of sp³-hybridized carbons (Fsp3) is 0.316. The van der Waals surface area contributed by atoms with Gasteiger partial charge in [0.05, 0.1) is 6.20 Å². The Morgan fingerprint density at radius 2 is 1.85 bits per heavy atom. The minimum absolute atomic E-state index is 0. The van der Waals surface area contributed by atoms with Crippen LogP contribution >= 0.6 is 12.4 Å². The van der Waals surface area contributed by atoms with Crippen molar-refractivity contribution >= 4 is 24.0 Å². The molecule has 0 saturated carbocycles. The number of hydrogen-bond acceptors (Lipinski definition) is 4. The smallest absolute Gasteiger partial charge is 0.256 e. The predicted molar refractivity (Wildman–Crippen MR) is 105 cm³/mol. The maximum Gasteiger partial charge on any atom is 0.256 e. The summed E-state index contributed by atoms with van der Waals surface area (Å²) in [6.45, 7) is 6.54. The lowest BCUT2D eigenvalue weighted by Gasteiger charge is -2.14. The number of nitrogens with two attached hydrogens (primary N) is 1. The summed E-state index contributed by atoms with van der Waals surface area (Å²) >= 11 is 0. The molecule has 3 aromatic rings. The van der Waals surface area contributed by atoms with Gasteiger partial charge in [-0.15, -0.1) is 12.4 Å². The maximum absolute atomic E-state index is 12.5. The van der Waals surface area contributed by atoms with Crippen molar-refractivity contribution in [3.8, 4) is 0 Å². The van der Waals surface area contributed by atoms with Crippen LogP contribution in [0.4, 0.5) is 0 Å². The molecule has 26 heavy (non-hydrogen) atoms. The first-order valence-corrected chi connectivity index (χ1v) is 8.40. The van der Waals surface area contributed by atoms with Gasteiger partial charge >= 0.3 is 0 Å². The van der Waals surface area contributed by atoms with Crippen LogP contribution in [0.3, 0.4) is 0 Å². The average Bonchev–Trinajstić information content (AvgIpc) is 3.02. The Morgan fingerprint density at radius 1 is 1.19 bits per heavy atom. The number of aromatic nitrogens is 3. The minimum atomic E-state index is -0.262. The molecule has 2 aromatic heterocycles. The Balaban J connectivity index is 0.00000243. The predicted octanol–water partition coefficient (Wildman–Crippen LogP) is 3.01. The third-order valence-electron chi connectivity index (χ3n) is 4.27. The minimum Gasteiger partial charge on any atom is -0.350 e. The first kappa shape index (κ1) is 19.9. The van der Waals surface area contributed by atoms with E-state index in [0.29, 0.717) is 23.7 Å². The quantitative estimate of drug-likeness (QED) is 0.719. The molecule has 0 aliphatic heterocycles. The average molecular weight is 374 g/mol. The number of carbonyl (C=O) groups excluding carboxylic acids is 1. The zero-order chi connectivity index (χ0) is 18.0. The van der Waals surface area contributed by atoms with Crippen molar-refractivity contribution in [2.45, 2.75) is 32.7 Å². The number of fused-ring (bicyclic) bond motifs is 1. The van der Waals surface area contributed by atoms with Crippen molar-refractivity contribution in [2.75, 3.05) is 6.54 Å². The fourth-order valence-electron chi connectivity index (χ4n) is 2.66. The highest BCUT2D eigenvalue weighted by molar-refractivity contribution is 5.99. The summed E-state index contributed by atoms with van der Waals surface area (Å²) in [4.78, 5) is 16.8. The monoisotopic (exact) mass is 373 g/mol. The van der Waals surface area contributed by atoms with Gasteiger partial charge in [0.15, 0.2) is 5.65 Å². The summed E-state index contributed by atoms with van der Waals surface area (Å²) in [5.41, 5.74) is 10.3. The number of benzene rings is 1. The highest BCUT2D eigenvalue weighted by Crippen LogP contribution is 2.17. The Hall–Kier alpha value is -2.44. The summed E-state index contributed by atoms with van der Waals surface area (Å²) in [7, 11) is 0. The van der Waals surface area contributed by atoms with Gasteiger partial charge in [-0.25, -0.2) is 9.50 Å². The first-order chi connectivity index (χ1) is 12.0. The molecule has 0 fully saturated rings. The molecule has 1 aromatic carbocycles. The molecule has 7 heteroatoms. The lowest BCUT2D eigenvalue weighted by atomic mass is 9.99. The SMILES string of the molecule is Cc1ccn2ncc(C(=O)NCC(N)c3ccc(C(C)C)cc3)c2n1.Cl. The van der Waals surface area contributed by atoms with Gasteiger partial charge in [-0.3, -0.25) is 4.79 Å². The molecule has 1 amide bonds. The van der Waals surface area contributed by atoms with Gasteiger partial charge < -0.3 is 11.1 Å². The van der Waals surface area contributed by atoms with Gasteiger partial charge in [-0.05, 0) is 30.0 Å². The molecule has 138 valence electrons. The van der Waals surface area contributed by atoms with Crippen LogP contribution in [0.1, 0.15) is 53.0 Å². The van der Waals surface area contributed by atoms with Crippen molar-refractivity contribution in [1.29, 1.82) is 0 Å². The van der Waals surface area contributed by atoms with E-state index < -0.39 is 0 Å². The molecular formula is C19H24ClN5O. The van der Waals surface area contributed by atoms with Crippen LogP contribution in [-0.4, -0.2) is 27.0 Å². The number of amides is 1. The Bertz CT molecular complexity index is 889. The van der Waals surface area contributed by atoms with Crippen LogP contribution in [0.5, 0.6) is 0 Å². The summed E-state index contributed by atoms with van der Waals surface area (Å²) in [6.07, 6.45) is 3.32. The molecule has 3 rings (SSSR count). The van der Waals surface area contributed by atoms with Crippen LogP contribution in [0.25, 0.3) is 5.65 Å². The third kappa shape index (κ3) is 4.20. The highest BCUT2D eigenvalue weighted by atomic mass is 35.5. The maximum atomic E-state index is 12.5. The van der Waals surface area contributed by atoms with Crippen molar-refractivity contribution in [3.63, 3.8) is 0 Å². The van der Waals surface area contributed by atoms with E-state index in [0.717, 1.165) is 11.3 Å². The molecule has 0 spiro atoms. The Kier molecular flexibility index (Phi) is 6.34. The number of nitrogens with one attached hydrogen (secondary N) is 1. The number of aryl methyl sites for hydroxylation is 1.